The van der Waals surface area contributed by atoms with Crippen LogP contribution in [0.1, 0.15) is 12.5 Å². The second-order valence-corrected chi connectivity index (χ2v) is 5.11. The van der Waals surface area contributed by atoms with Gasteiger partial charge in [0, 0.05) is 7.11 Å². The Hall–Kier alpha value is -1.96. The molecule has 0 aliphatic carbocycles. The first-order chi connectivity index (χ1) is 11.6. The third-order valence-electron chi connectivity index (χ3n) is 3.28. The molecule has 24 heavy (non-hydrogen) atoms. The second-order valence-electron chi connectivity index (χ2n) is 5.11. The summed E-state index contributed by atoms with van der Waals surface area (Å²) in [5, 5.41) is 2.96. The molecule has 0 saturated heterocycles. The summed E-state index contributed by atoms with van der Waals surface area (Å²) in [5.74, 6) is 0.460. The van der Waals surface area contributed by atoms with E-state index in [4.69, 9.17) is 18.9 Å². The predicted octanol–water partition coefficient (Wildman–Crippen LogP) is 1.58. The Balaban J connectivity index is 2.33. The zero-order valence-corrected chi connectivity index (χ0v) is 14.4. The van der Waals surface area contributed by atoms with Gasteiger partial charge in [0.25, 0.3) is 0 Å². The van der Waals surface area contributed by atoms with Gasteiger partial charge in [-0.2, -0.15) is 0 Å². The number of nitrogens with one attached hydrogen (secondary N) is 1. The highest BCUT2D eigenvalue weighted by Gasteiger charge is 2.12. The third-order valence-corrected chi connectivity index (χ3v) is 3.28. The molecule has 1 aromatic carbocycles. The highest BCUT2D eigenvalue weighted by molar-refractivity contribution is 5.81. The number of hydrogen-bond acceptors (Lipinski definition) is 7. The first-order valence-corrected chi connectivity index (χ1v) is 7.74. The van der Waals surface area contributed by atoms with Crippen LogP contribution in [-0.4, -0.2) is 58.6 Å². The van der Waals surface area contributed by atoms with Crippen molar-refractivity contribution in [2.75, 3.05) is 40.6 Å². The summed E-state index contributed by atoms with van der Waals surface area (Å²) in [6.07, 6.45) is -0.204. The maximum absolute atomic E-state index is 11.5. The Morgan fingerprint density at radius 2 is 1.75 bits per heavy atom. The van der Waals surface area contributed by atoms with E-state index in [9.17, 15) is 9.59 Å². The Kier molecular flexibility index (Phi) is 9.67. The fourth-order valence-corrected chi connectivity index (χ4v) is 1.93. The fraction of sp³-hybridized carbons (Fsp3) is 0.529. The Labute approximate surface area is 142 Å². The molecule has 7 nitrogen and oxygen atoms in total. The lowest BCUT2D eigenvalue weighted by Gasteiger charge is -2.13. The van der Waals surface area contributed by atoms with Crippen LogP contribution in [0.3, 0.4) is 0 Å². The van der Waals surface area contributed by atoms with E-state index < -0.39 is 6.16 Å². The van der Waals surface area contributed by atoms with Crippen LogP contribution in [0.2, 0.25) is 0 Å². The Morgan fingerprint density at radius 3 is 2.33 bits per heavy atom. The molecule has 1 atom stereocenters. The van der Waals surface area contributed by atoms with Crippen molar-refractivity contribution in [2.45, 2.75) is 19.4 Å². The molecule has 1 rings (SSSR count). The molecule has 0 aliphatic heterocycles. The van der Waals surface area contributed by atoms with Crippen LogP contribution in [0.25, 0.3) is 0 Å². The van der Waals surface area contributed by atoms with Gasteiger partial charge in [0.05, 0.1) is 25.9 Å². The van der Waals surface area contributed by atoms with Gasteiger partial charge in [0.2, 0.25) is 0 Å². The summed E-state index contributed by atoms with van der Waals surface area (Å²) < 4.78 is 19.9. The van der Waals surface area contributed by atoms with Crippen molar-refractivity contribution in [1.82, 2.24) is 5.32 Å². The molecule has 7 heteroatoms. The minimum Gasteiger partial charge on any atom is -0.432 e. The van der Waals surface area contributed by atoms with Gasteiger partial charge in [0.1, 0.15) is 18.1 Å². The fourth-order valence-electron chi connectivity index (χ4n) is 1.93. The molecule has 134 valence electrons. The maximum atomic E-state index is 11.5. The Morgan fingerprint density at radius 1 is 1.08 bits per heavy atom. The molecular formula is C17H25NO6. The molecular weight excluding hydrogens is 314 g/mol. The van der Waals surface area contributed by atoms with E-state index >= 15 is 0 Å². The number of likely N-dealkylation sites (N-methyl/N-ethyl adjacent to an activating group) is 1. The number of carbonyl (C=O) groups is 2. The molecule has 0 saturated carbocycles. The number of ketones is 1. The van der Waals surface area contributed by atoms with Gasteiger partial charge in [-0.05, 0) is 38.1 Å². The van der Waals surface area contributed by atoms with E-state index in [1.807, 2.05) is 12.1 Å². The predicted molar refractivity (Wildman–Crippen MR) is 88.3 cm³/mol. The maximum Gasteiger partial charge on any atom is 0.513 e. The highest BCUT2D eigenvalue weighted by Crippen LogP contribution is 2.14. The van der Waals surface area contributed by atoms with Crippen LogP contribution >= 0.6 is 0 Å². The van der Waals surface area contributed by atoms with Gasteiger partial charge >= 0.3 is 6.16 Å². The molecule has 0 radical (unpaired) electrons. The summed E-state index contributed by atoms with van der Waals surface area (Å²) in [4.78, 5) is 22.9. The lowest BCUT2D eigenvalue weighted by molar-refractivity contribution is -0.118. The summed E-state index contributed by atoms with van der Waals surface area (Å²) in [5.41, 5.74) is 0.969. The van der Waals surface area contributed by atoms with Crippen LogP contribution in [0.4, 0.5) is 4.79 Å². The van der Waals surface area contributed by atoms with Crippen molar-refractivity contribution in [3.63, 3.8) is 0 Å². The first-order valence-electron chi connectivity index (χ1n) is 7.74. The summed E-state index contributed by atoms with van der Waals surface area (Å²) >= 11 is 0. The minimum absolute atomic E-state index is 0.0779. The van der Waals surface area contributed by atoms with Crippen molar-refractivity contribution in [3.05, 3.63) is 29.8 Å². The van der Waals surface area contributed by atoms with Crippen LogP contribution < -0.4 is 10.1 Å². The molecule has 0 fully saturated rings. The molecule has 0 spiro atoms. The lowest BCUT2D eigenvalue weighted by Crippen LogP contribution is -2.34. The number of benzene rings is 1. The monoisotopic (exact) mass is 339 g/mol. The molecule has 1 aromatic rings. The van der Waals surface area contributed by atoms with Crippen molar-refractivity contribution in [1.29, 1.82) is 0 Å². The van der Waals surface area contributed by atoms with Gasteiger partial charge in [-0.15, -0.1) is 0 Å². The number of methoxy groups -OCH3 is 1. The highest BCUT2D eigenvalue weighted by atomic mass is 16.7. The van der Waals surface area contributed by atoms with Crippen LogP contribution in [0.5, 0.6) is 5.75 Å². The van der Waals surface area contributed by atoms with E-state index in [0.717, 1.165) is 5.56 Å². The molecule has 1 N–H and O–H groups in total. The summed E-state index contributed by atoms with van der Waals surface area (Å²) in [7, 11) is 3.33. The molecule has 0 amide bonds. The topological polar surface area (TPSA) is 83.1 Å². The number of rotatable bonds is 11. The third kappa shape index (κ3) is 8.05. The first kappa shape index (κ1) is 20.1. The van der Waals surface area contributed by atoms with Crippen LogP contribution in [-0.2, 0) is 25.4 Å². The molecule has 0 aromatic heterocycles. The second kappa shape index (κ2) is 11.6. The quantitative estimate of drug-likeness (QED) is 0.372. The smallest absolute Gasteiger partial charge is 0.432 e. The van der Waals surface area contributed by atoms with E-state index in [1.165, 1.54) is 0 Å². The normalized spacial score (nSPS) is 11.8. The molecule has 0 aliphatic rings. The molecule has 0 unspecified atom stereocenters. The van der Waals surface area contributed by atoms with Gasteiger partial charge < -0.3 is 24.3 Å². The van der Waals surface area contributed by atoms with E-state index in [1.54, 1.807) is 33.2 Å². The van der Waals surface area contributed by atoms with E-state index in [2.05, 4.69) is 5.32 Å². The number of ether oxygens (including phenoxy) is 4. The van der Waals surface area contributed by atoms with Gasteiger partial charge in [-0.1, -0.05) is 12.1 Å². The number of hydrogen-bond donors (Lipinski definition) is 1. The van der Waals surface area contributed by atoms with Crippen molar-refractivity contribution in [2.24, 2.45) is 0 Å². The molecule has 0 heterocycles. The SMILES string of the molecule is CN[C@@H](Cc1ccc(OC(=O)OCCOCCOC)cc1)C(C)=O. The van der Waals surface area contributed by atoms with Crippen LogP contribution in [0, 0.1) is 0 Å². The summed E-state index contributed by atoms with van der Waals surface area (Å²) in [6.45, 7) is 2.89. The standard InChI is InChI=1S/C17H25NO6/c1-13(19)16(18-2)12-14-4-6-15(7-5-14)24-17(20)23-11-10-22-9-8-21-3/h4-7,16,18H,8-12H2,1-3H3/t16-/m0/s1. The van der Waals surface area contributed by atoms with Crippen molar-refractivity contribution in [3.8, 4) is 5.75 Å². The zero-order chi connectivity index (χ0) is 17.8. The van der Waals surface area contributed by atoms with Crippen LogP contribution in [0.15, 0.2) is 24.3 Å². The zero-order valence-electron chi connectivity index (χ0n) is 14.4. The average Bonchev–Trinajstić information content (AvgIpc) is 2.57. The molecule has 0 bridgehead atoms. The van der Waals surface area contributed by atoms with Crippen molar-refractivity contribution < 1.29 is 28.5 Å². The van der Waals surface area contributed by atoms with Gasteiger partial charge in [0.15, 0.2) is 0 Å². The van der Waals surface area contributed by atoms with E-state index in [0.29, 0.717) is 25.4 Å². The number of carbonyl (C=O) groups excluding carboxylic acids is 2. The minimum atomic E-state index is -0.782. The van der Waals surface area contributed by atoms with Gasteiger partial charge in [-0.3, -0.25) is 4.79 Å². The largest absolute Gasteiger partial charge is 0.513 e. The average molecular weight is 339 g/mol. The lowest BCUT2D eigenvalue weighted by atomic mass is 10.0. The van der Waals surface area contributed by atoms with Crippen molar-refractivity contribution >= 4 is 11.9 Å². The summed E-state index contributed by atoms with van der Waals surface area (Å²) in [6, 6.07) is 6.73. The van der Waals surface area contributed by atoms with Gasteiger partial charge in [-0.25, -0.2) is 4.79 Å². The number of Topliss-reactive ketones (excluding diaryl/α,β-unsaturated/α-hetero) is 1. The van der Waals surface area contributed by atoms with E-state index in [-0.39, 0.29) is 25.0 Å². The Bertz CT molecular complexity index is 502.